The van der Waals surface area contributed by atoms with Crippen molar-refractivity contribution < 1.29 is 4.74 Å². The molecule has 1 saturated heterocycles. The Kier molecular flexibility index (Phi) is 4.14. The summed E-state index contributed by atoms with van der Waals surface area (Å²) in [6, 6.07) is 0.268. The fourth-order valence-corrected chi connectivity index (χ4v) is 2.79. The second kappa shape index (κ2) is 5.96. The fraction of sp³-hybridized carbons (Fsp3) is 0.688. The van der Waals surface area contributed by atoms with Crippen molar-refractivity contribution in [3.8, 4) is 0 Å². The lowest BCUT2D eigenvalue weighted by Gasteiger charge is -2.32. The molecule has 2 aromatic rings. The molecular formula is C16H26N6O. The molecule has 1 atom stereocenters. The topological polar surface area (TPSA) is 82.1 Å². The van der Waals surface area contributed by atoms with Crippen LogP contribution < -0.4 is 10.6 Å². The molecule has 0 aliphatic carbocycles. The van der Waals surface area contributed by atoms with Gasteiger partial charge in [0.1, 0.15) is 5.52 Å². The van der Waals surface area contributed by atoms with E-state index in [-0.39, 0.29) is 11.5 Å². The molecule has 2 aromatic heterocycles. The molecular weight excluding hydrogens is 292 g/mol. The molecule has 7 nitrogen and oxygen atoms in total. The van der Waals surface area contributed by atoms with Crippen molar-refractivity contribution in [1.82, 2.24) is 19.5 Å². The number of nitrogens with zero attached hydrogens (tertiary/aromatic N) is 5. The number of ether oxygens (including phenoxy) is 1. The zero-order chi connectivity index (χ0) is 16.6. The summed E-state index contributed by atoms with van der Waals surface area (Å²) in [5, 5.41) is 0. The first kappa shape index (κ1) is 16.0. The van der Waals surface area contributed by atoms with Crippen molar-refractivity contribution in [3.63, 3.8) is 0 Å². The van der Waals surface area contributed by atoms with Gasteiger partial charge in [-0.2, -0.15) is 9.97 Å². The number of nitrogen functional groups attached to an aromatic ring is 1. The molecule has 1 fully saturated rings. The normalized spacial score (nSPS) is 17.7. The second-order valence-corrected chi connectivity index (χ2v) is 6.85. The van der Waals surface area contributed by atoms with Gasteiger partial charge in [-0.15, -0.1) is 0 Å². The molecule has 0 aromatic carbocycles. The summed E-state index contributed by atoms with van der Waals surface area (Å²) in [5.74, 6) is 1.11. The highest BCUT2D eigenvalue weighted by Gasteiger charge is 2.28. The van der Waals surface area contributed by atoms with Crippen LogP contribution in [-0.4, -0.2) is 45.8 Å². The third kappa shape index (κ3) is 2.85. The molecule has 0 saturated carbocycles. The quantitative estimate of drug-likeness (QED) is 0.931. The van der Waals surface area contributed by atoms with E-state index in [0.717, 1.165) is 25.2 Å². The van der Waals surface area contributed by atoms with E-state index in [9.17, 15) is 0 Å². The summed E-state index contributed by atoms with van der Waals surface area (Å²) in [6.45, 7) is 11.9. The minimum Gasteiger partial charge on any atom is -0.382 e. The Morgan fingerprint density at radius 1 is 1.30 bits per heavy atom. The third-order valence-electron chi connectivity index (χ3n) is 5.19. The third-order valence-corrected chi connectivity index (χ3v) is 5.19. The van der Waals surface area contributed by atoms with Crippen LogP contribution in [0.2, 0.25) is 0 Å². The lowest BCUT2D eigenvalue weighted by Crippen LogP contribution is -2.37. The number of rotatable bonds is 4. The zero-order valence-electron chi connectivity index (χ0n) is 14.4. The molecule has 2 N–H and O–H groups in total. The average Bonchev–Trinajstić information content (AvgIpc) is 2.99. The largest absolute Gasteiger partial charge is 0.382 e. The minimum atomic E-state index is 0.145. The van der Waals surface area contributed by atoms with Gasteiger partial charge in [0.15, 0.2) is 11.5 Å². The number of morpholine rings is 1. The van der Waals surface area contributed by atoms with Gasteiger partial charge >= 0.3 is 0 Å². The minimum absolute atomic E-state index is 0.145. The number of hydrogen-bond acceptors (Lipinski definition) is 6. The lowest BCUT2D eigenvalue weighted by atomic mass is 9.83. The summed E-state index contributed by atoms with van der Waals surface area (Å²) in [6.07, 6.45) is 2.91. The molecule has 0 bridgehead atoms. The number of aromatic nitrogens is 4. The number of anilines is 2. The smallest absolute Gasteiger partial charge is 0.229 e. The fourth-order valence-electron chi connectivity index (χ4n) is 2.79. The van der Waals surface area contributed by atoms with Crippen LogP contribution in [0.3, 0.4) is 0 Å². The van der Waals surface area contributed by atoms with E-state index in [1.54, 1.807) is 0 Å². The van der Waals surface area contributed by atoms with Gasteiger partial charge < -0.3 is 19.9 Å². The first-order valence-electron chi connectivity index (χ1n) is 8.27. The van der Waals surface area contributed by atoms with Gasteiger partial charge in [0, 0.05) is 19.1 Å². The van der Waals surface area contributed by atoms with E-state index in [1.807, 2.05) is 6.33 Å². The van der Waals surface area contributed by atoms with Crippen LogP contribution in [0.5, 0.6) is 0 Å². The Labute approximate surface area is 136 Å². The molecule has 1 aliphatic heterocycles. The Balaban J connectivity index is 2.05. The summed E-state index contributed by atoms with van der Waals surface area (Å²) < 4.78 is 7.52. The standard InChI is InChI=1S/C16H26N6O/c1-5-16(3,4)11(2)22-10-18-12-13(17)19-15(20-14(12)22)21-6-8-23-9-7-21/h10-11H,5-9H2,1-4H3,(H2,17,19,20)/t11-/m1/s1. The van der Waals surface area contributed by atoms with Crippen molar-refractivity contribution in [2.45, 2.75) is 40.2 Å². The van der Waals surface area contributed by atoms with E-state index < -0.39 is 0 Å². The van der Waals surface area contributed by atoms with Crippen molar-refractivity contribution in [1.29, 1.82) is 0 Å². The van der Waals surface area contributed by atoms with Crippen molar-refractivity contribution in [2.75, 3.05) is 36.9 Å². The summed E-state index contributed by atoms with van der Waals surface area (Å²) in [5.41, 5.74) is 7.77. The number of imidazole rings is 1. The molecule has 0 radical (unpaired) electrons. The second-order valence-electron chi connectivity index (χ2n) is 6.85. The van der Waals surface area contributed by atoms with Crippen LogP contribution in [0.4, 0.5) is 11.8 Å². The number of fused-ring (bicyclic) bond motifs is 1. The highest BCUT2D eigenvalue weighted by Crippen LogP contribution is 2.36. The van der Waals surface area contributed by atoms with E-state index in [4.69, 9.17) is 15.5 Å². The predicted octanol–water partition coefficient (Wildman–Crippen LogP) is 2.24. The molecule has 1 aliphatic rings. The van der Waals surface area contributed by atoms with Gasteiger partial charge in [0.05, 0.1) is 19.5 Å². The van der Waals surface area contributed by atoms with Crippen LogP contribution in [0, 0.1) is 5.41 Å². The summed E-state index contributed by atoms with van der Waals surface area (Å²) in [4.78, 5) is 15.8. The van der Waals surface area contributed by atoms with Gasteiger partial charge in [-0.3, -0.25) is 0 Å². The molecule has 3 rings (SSSR count). The SMILES string of the molecule is CCC(C)(C)[C@@H](C)n1cnc2c(N)nc(N3CCOCC3)nc21. The highest BCUT2D eigenvalue weighted by molar-refractivity contribution is 5.83. The van der Waals surface area contributed by atoms with Gasteiger partial charge in [-0.1, -0.05) is 20.8 Å². The van der Waals surface area contributed by atoms with Crippen LogP contribution in [-0.2, 0) is 4.74 Å². The van der Waals surface area contributed by atoms with Gasteiger partial charge in [-0.05, 0) is 18.8 Å². The Bertz CT molecular complexity index is 689. The van der Waals surface area contributed by atoms with Gasteiger partial charge in [0.2, 0.25) is 5.95 Å². The van der Waals surface area contributed by atoms with Crippen LogP contribution >= 0.6 is 0 Å². The van der Waals surface area contributed by atoms with Crippen LogP contribution in [0.1, 0.15) is 40.2 Å². The Hall–Kier alpha value is -1.89. The van der Waals surface area contributed by atoms with Crippen LogP contribution in [0.15, 0.2) is 6.33 Å². The monoisotopic (exact) mass is 318 g/mol. The van der Waals surface area contributed by atoms with E-state index in [0.29, 0.717) is 30.5 Å². The van der Waals surface area contributed by atoms with Gasteiger partial charge in [0.25, 0.3) is 0 Å². The maximum atomic E-state index is 6.13. The van der Waals surface area contributed by atoms with E-state index in [2.05, 4.69) is 47.1 Å². The first-order valence-corrected chi connectivity index (χ1v) is 8.27. The highest BCUT2D eigenvalue weighted by atomic mass is 16.5. The van der Waals surface area contributed by atoms with Gasteiger partial charge in [-0.25, -0.2) is 4.98 Å². The molecule has 0 amide bonds. The first-order chi connectivity index (χ1) is 10.9. The van der Waals surface area contributed by atoms with E-state index in [1.165, 1.54) is 0 Å². The molecule has 23 heavy (non-hydrogen) atoms. The molecule has 7 heteroatoms. The van der Waals surface area contributed by atoms with Crippen molar-refractivity contribution in [2.24, 2.45) is 5.41 Å². The van der Waals surface area contributed by atoms with Crippen molar-refractivity contribution >= 4 is 22.9 Å². The lowest BCUT2D eigenvalue weighted by molar-refractivity contribution is 0.122. The summed E-state index contributed by atoms with van der Waals surface area (Å²) in [7, 11) is 0. The maximum Gasteiger partial charge on any atom is 0.229 e. The number of nitrogens with two attached hydrogens (primary N) is 1. The maximum absolute atomic E-state index is 6.13. The molecule has 3 heterocycles. The molecule has 126 valence electrons. The molecule has 0 spiro atoms. The van der Waals surface area contributed by atoms with Crippen molar-refractivity contribution in [3.05, 3.63) is 6.33 Å². The summed E-state index contributed by atoms with van der Waals surface area (Å²) >= 11 is 0. The molecule has 0 unspecified atom stereocenters. The predicted molar refractivity (Wildman–Crippen MR) is 91.6 cm³/mol. The van der Waals surface area contributed by atoms with Crippen LogP contribution in [0.25, 0.3) is 11.2 Å². The Morgan fingerprint density at radius 3 is 2.65 bits per heavy atom. The Morgan fingerprint density at radius 2 is 2.00 bits per heavy atom. The van der Waals surface area contributed by atoms with E-state index >= 15 is 0 Å². The zero-order valence-corrected chi connectivity index (χ0v) is 14.4. The number of hydrogen-bond donors (Lipinski definition) is 1. The average molecular weight is 318 g/mol.